The largest absolute Gasteiger partial charge is 0.490 e. The molecule has 10 nitrogen and oxygen atoms in total. The summed E-state index contributed by atoms with van der Waals surface area (Å²) in [7, 11) is -3.22. The van der Waals surface area contributed by atoms with E-state index in [1.165, 1.54) is 12.6 Å². The normalized spacial score (nSPS) is 11.3. The van der Waals surface area contributed by atoms with Gasteiger partial charge in [0.15, 0.2) is 9.84 Å². The number of aliphatic carboxylic acids is 1. The molecular formula is C22H19F3N6O4S. The van der Waals surface area contributed by atoms with Crippen molar-refractivity contribution < 1.29 is 31.5 Å². The summed E-state index contributed by atoms with van der Waals surface area (Å²) in [6, 6.07) is 16.3. The van der Waals surface area contributed by atoms with Crippen LogP contribution in [0.5, 0.6) is 0 Å². The first-order chi connectivity index (χ1) is 16.9. The summed E-state index contributed by atoms with van der Waals surface area (Å²) in [4.78, 5) is 21.9. The van der Waals surface area contributed by atoms with Crippen LogP contribution in [0, 0.1) is 0 Å². The predicted octanol–water partition coefficient (Wildman–Crippen LogP) is 3.56. The van der Waals surface area contributed by atoms with Crippen molar-refractivity contribution in [1.82, 2.24) is 24.7 Å². The molecule has 0 aliphatic heterocycles. The molecule has 14 heteroatoms. The molecule has 188 valence electrons. The third kappa shape index (κ3) is 7.59. The van der Waals surface area contributed by atoms with Crippen LogP contribution in [-0.4, -0.2) is 56.7 Å². The van der Waals surface area contributed by atoms with Crippen LogP contribution in [0.2, 0.25) is 0 Å². The van der Waals surface area contributed by atoms with Gasteiger partial charge in [-0.1, -0.05) is 24.3 Å². The van der Waals surface area contributed by atoms with Gasteiger partial charge in [-0.3, -0.25) is 0 Å². The fourth-order valence-corrected chi connectivity index (χ4v) is 3.41. The van der Waals surface area contributed by atoms with Gasteiger partial charge < -0.3 is 10.4 Å². The molecule has 0 amide bonds. The van der Waals surface area contributed by atoms with Crippen molar-refractivity contribution in [1.29, 1.82) is 0 Å². The van der Waals surface area contributed by atoms with E-state index in [4.69, 9.17) is 9.90 Å². The topological polar surface area (TPSA) is 140 Å². The Balaban J connectivity index is 0.000000454. The summed E-state index contributed by atoms with van der Waals surface area (Å²) in [5.41, 5.74) is 3.47. The van der Waals surface area contributed by atoms with E-state index >= 15 is 0 Å². The zero-order valence-electron chi connectivity index (χ0n) is 18.6. The van der Waals surface area contributed by atoms with E-state index in [2.05, 4.69) is 25.4 Å². The maximum absolute atomic E-state index is 11.6. The number of alkyl halides is 3. The Bertz CT molecular complexity index is 1410. The van der Waals surface area contributed by atoms with E-state index in [1.807, 2.05) is 24.3 Å². The van der Waals surface area contributed by atoms with Crippen LogP contribution in [0.25, 0.3) is 11.3 Å². The number of hydrogen-bond donors (Lipinski definition) is 2. The lowest BCUT2D eigenvalue weighted by Crippen LogP contribution is -2.21. The van der Waals surface area contributed by atoms with Crippen molar-refractivity contribution in [3.63, 3.8) is 0 Å². The Morgan fingerprint density at radius 3 is 2.22 bits per heavy atom. The Kier molecular flexibility index (Phi) is 7.99. The van der Waals surface area contributed by atoms with E-state index in [1.54, 1.807) is 47.5 Å². The fourth-order valence-electron chi connectivity index (χ4n) is 2.78. The van der Waals surface area contributed by atoms with Crippen molar-refractivity contribution >= 4 is 27.4 Å². The van der Waals surface area contributed by atoms with Crippen LogP contribution in [0.4, 0.5) is 24.8 Å². The molecule has 2 aromatic heterocycles. The molecule has 0 saturated heterocycles. The Labute approximate surface area is 203 Å². The molecule has 4 rings (SSSR count). The first kappa shape index (κ1) is 26.3. The lowest BCUT2D eigenvalue weighted by atomic mass is 10.1. The summed E-state index contributed by atoms with van der Waals surface area (Å²) < 4.78 is 56.7. The van der Waals surface area contributed by atoms with E-state index in [0.717, 1.165) is 16.8 Å². The van der Waals surface area contributed by atoms with Crippen molar-refractivity contribution in [2.75, 3.05) is 11.6 Å². The van der Waals surface area contributed by atoms with Gasteiger partial charge in [-0.2, -0.15) is 18.3 Å². The van der Waals surface area contributed by atoms with Crippen molar-refractivity contribution in [3.05, 3.63) is 79.0 Å². The second-order valence-electron chi connectivity index (χ2n) is 7.28. The molecule has 2 aromatic carbocycles. The lowest BCUT2D eigenvalue weighted by Gasteiger charge is -2.08. The average molecular weight is 520 g/mol. The maximum atomic E-state index is 11.6. The number of sulfone groups is 1. The van der Waals surface area contributed by atoms with Gasteiger partial charge in [0.05, 0.1) is 17.1 Å². The van der Waals surface area contributed by atoms with Crippen LogP contribution in [0.15, 0.2) is 78.3 Å². The molecule has 0 fully saturated rings. The van der Waals surface area contributed by atoms with Gasteiger partial charge in [0.2, 0.25) is 5.95 Å². The fraction of sp³-hybridized carbons (Fsp3) is 0.136. The molecule has 2 heterocycles. The number of carbonyl (C=O) groups is 1. The van der Waals surface area contributed by atoms with Gasteiger partial charge in [0, 0.05) is 23.7 Å². The summed E-state index contributed by atoms with van der Waals surface area (Å²) in [6.45, 7) is 0.649. The molecule has 36 heavy (non-hydrogen) atoms. The summed E-state index contributed by atoms with van der Waals surface area (Å²) in [6.07, 6.45) is 0.948. The minimum Gasteiger partial charge on any atom is -0.475 e. The van der Waals surface area contributed by atoms with E-state index in [-0.39, 0.29) is 4.90 Å². The van der Waals surface area contributed by atoms with Gasteiger partial charge in [0.1, 0.15) is 12.7 Å². The lowest BCUT2D eigenvalue weighted by molar-refractivity contribution is -0.192. The minimum atomic E-state index is -5.08. The first-order valence-corrected chi connectivity index (χ1v) is 11.9. The van der Waals surface area contributed by atoms with E-state index in [0.29, 0.717) is 18.2 Å². The Morgan fingerprint density at radius 2 is 1.69 bits per heavy atom. The highest BCUT2D eigenvalue weighted by atomic mass is 32.2. The number of hydrogen-bond acceptors (Lipinski definition) is 8. The quantitative estimate of drug-likeness (QED) is 0.390. The van der Waals surface area contributed by atoms with Crippen LogP contribution in [0.3, 0.4) is 0 Å². The van der Waals surface area contributed by atoms with Gasteiger partial charge in [-0.15, -0.1) is 0 Å². The van der Waals surface area contributed by atoms with Crippen molar-refractivity contribution in [2.45, 2.75) is 17.6 Å². The standard InChI is InChI=1S/C20H18N6O2S.C2HF3O2/c1-29(27,28)18-8-4-16(5-9-18)19-10-11-22-20(25-19)24-17-6-2-15(3-7-17)12-26-14-21-13-23-26;3-2(4,5)1(6)7/h2-11,13-14H,12H2,1H3,(H,22,24,25);(H,6,7). The van der Waals surface area contributed by atoms with Gasteiger partial charge >= 0.3 is 12.1 Å². The molecule has 0 radical (unpaired) electrons. The summed E-state index contributed by atoms with van der Waals surface area (Å²) in [5, 5.41) is 14.4. The van der Waals surface area contributed by atoms with Gasteiger partial charge in [-0.05, 0) is 35.9 Å². The molecular weight excluding hydrogens is 501 g/mol. The second-order valence-corrected chi connectivity index (χ2v) is 9.30. The molecule has 0 aliphatic carbocycles. The number of nitrogens with zero attached hydrogens (tertiary/aromatic N) is 5. The molecule has 0 saturated carbocycles. The van der Waals surface area contributed by atoms with Crippen LogP contribution >= 0.6 is 0 Å². The Hall–Kier alpha value is -4.33. The summed E-state index contributed by atoms with van der Waals surface area (Å²) in [5.74, 6) is -2.30. The molecule has 4 aromatic rings. The van der Waals surface area contributed by atoms with Gasteiger partial charge in [-0.25, -0.2) is 32.8 Å². The zero-order valence-corrected chi connectivity index (χ0v) is 19.4. The average Bonchev–Trinajstić information content (AvgIpc) is 3.33. The number of carboxylic acid groups (broad SMARTS) is 1. The molecule has 0 atom stereocenters. The first-order valence-electron chi connectivity index (χ1n) is 10.0. The highest BCUT2D eigenvalue weighted by Crippen LogP contribution is 2.22. The van der Waals surface area contributed by atoms with E-state index < -0.39 is 22.0 Å². The number of halogens is 3. The highest BCUT2D eigenvalue weighted by Gasteiger charge is 2.38. The van der Waals surface area contributed by atoms with E-state index in [9.17, 15) is 21.6 Å². The zero-order chi connectivity index (χ0) is 26.3. The minimum absolute atomic E-state index is 0.277. The second kappa shape index (κ2) is 10.9. The SMILES string of the molecule is CS(=O)(=O)c1ccc(-c2ccnc(Nc3ccc(Cn4cncn4)cc3)n2)cc1.O=C(O)C(F)(F)F. The van der Waals surface area contributed by atoms with Crippen molar-refractivity contribution in [3.8, 4) is 11.3 Å². The van der Waals surface area contributed by atoms with Gasteiger partial charge in [0.25, 0.3) is 0 Å². The van der Waals surface area contributed by atoms with Crippen LogP contribution in [-0.2, 0) is 21.2 Å². The van der Waals surface area contributed by atoms with Crippen LogP contribution < -0.4 is 5.32 Å². The molecule has 0 aliphatic rings. The number of rotatable bonds is 6. The number of carboxylic acids is 1. The van der Waals surface area contributed by atoms with Crippen molar-refractivity contribution in [2.24, 2.45) is 0 Å². The molecule has 0 bridgehead atoms. The Morgan fingerprint density at radius 1 is 1.06 bits per heavy atom. The molecule has 2 N–H and O–H groups in total. The number of nitrogens with one attached hydrogen (secondary N) is 1. The monoisotopic (exact) mass is 520 g/mol. The number of benzene rings is 2. The number of anilines is 2. The maximum Gasteiger partial charge on any atom is 0.490 e. The molecule has 0 spiro atoms. The predicted molar refractivity (Wildman–Crippen MR) is 123 cm³/mol. The smallest absolute Gasteiger partial charge is 0.475 e. The van der Waals surface area contributed by atoms with Crippen LogP contribution in [0.1, 0.15) is 5.56 Å². The third-order valence-electron chi connectivity index (χ3n) is 4.50. The summed E-state index contributed by atoms with van der Waals surface area (Å²) >= 11 is 0. The number of aromatic nitrogens is 5. The highest BCUT2D eigenvalue weighted by molar-refractivity contribution is 7.90. The molecule has 0 unspecified atom stereocenters. The third-order valence-corrected chi connectivity index (χ3v) is 5.63.